The van der Waals surface area contributed by atoms with E-state index < -0.39 is 0 Å². The number of carbonyl (C=O) groups is 1. The van der Waals surface area contributed by atoms with Crippen LogP contribution in [0.25, 0.3) is 0 Å². The lowest BCUT2D eigenvalue weighted by molar-refractivity contribution is -0.127. The highest BCUT2D eigenvalue weighted by Crippen LogP contribution is 2.20. The monoisotopic (exact) mass is 273 g/mol. The van der Waals surface area contributed by atoms with E-state index in [9.17, 15) is 4.79 Å². The van der Waals surface area contributed by atoms with Crippen molar-refractivity contribution in [2.24, 2.45) is 5.92 Å². The number of hydrogen-bond acceptors (Lipinski definition) is 2. The first-order valence-electron chi connectivity index (χ1n) is 7.35. The summed E-state index contributed by atoms with van der Waals surface area (Å²) in [5.41, 5.74) is 1.22. The van der Waals surface area contributed by atoms with Gasteiger partial charge < -0.3 is 9.64 Å². The SMILES string of the molecule is C=CC1CC(=O)N(CCc2cccc(OCCC)c2)C1. The van der Waals surface area contributed by atoms with Crippen molar-refractivity contribution in [2.75, 3.05) is 19.7 Å². The zero-order valence-electron chi connectivity index (χ0n) is 12.2. The normalized spacial score (nSPS) is 18.4. The van der Waals surface area contributed by atoms with Crippen LogP contribution < -0.4 is 4.74 Å². The second-order valence-electron chi connectivity index (χ2n) is 5.29. The molecule has 0 aliphatic carbocycles. The third-order valence-corrected chi connectivity index (χ3v) is 3.62. The third kappa shape index (κ3) is 3.86. The molecule has 1 aromatic carbocycles. The number of likely N-dealkylation sites (tertiary alicyclic amines) is 1. The molecule has 0 N–H and O–H groups in total. The predicted octanol–water partition coefficient (Wildman–Crippen LogP) is 3.05. The molecule has 1 amide bonds. The maximum atomic E-state index is 11.8. The highest BCUT2D eigenvalue weighted by atomic mass is 16.5. The van der Waals surface area contributed by atoms with E-state index in [-0.39, 0.29) is 5.91 Å². The lowest BCUT2D eigenvalue weighted by Crippen LogP contribution is -2.27. The van der Waals surface area contributed by atoms with Crippen LogP contribution in [0.5, 0.6) is 5.75 Å². The van der Waals surface area contributed by atoms with E-state index in [1.807, 2.05) is 23.1 Å². The van der Waals surface area contributed by atoms with Crippen molar-refractivity contribution in [3.63, 3.8) is 0 Å². The molecule has 0 saturated carbocycles. The Bertz CT molecular complexity index is 470. The van der Waals surface area contributed by atoms with Gasteiger partial charge in [-0.05, 0) is 30.5 Å². The second kappa shape index (κ2) is 7.13. The number of carbonyl (C=O) groups excluding carboxylic acids is 1. The molecule has 1 atom stereocenters. The minimum atomic E-state index is 0.244. The number of amides is 1. The average Bonchev–Trinajstić information content (AvgIpc) is 2.84. The maximum absolute atomic E-state index is 11.8. The summed E-state index contributed by atoms with van der Waals surface area (Å²) in [6.07, 6.45) is 4.38. The first kappa shape index (κ1) is 14.6. The highest BCUT2D eigenvalue weighted by Gasteiger charge is 2.26. The molecule has 2 rings (SSSR count). The van der Waals surface area contributed by atoms with Gasteiger partial charge in [0.05, 0.1) is 6.61 Å². The van der Waals surface area contributed by atoms with Crippen LogP contribution in [-0.4, -0.2) is 30.5 Å². The summed E-state index contributed by atoms with van der Waals surface area (Å²) in [6, 6.07) is 8.15. The molecule has 1 saturated heterocycles. The molecule has 1 fully saturated rings. The third-order valence-electron chi connectivity index (χ3n) is 3.62. The fourth-order valence-corrected chi connectivity index (χ4v) is 2.45. The Morgan fingerprint density at radius 1 is 1.50 bits per heavy atom. The van der Waals surface area contributed by atoms with Crippen molar-refractivity contribution in [1.29, 1.82) is 0 Å². The molecule has 1 heterocycles. The molecular formula is C17H23NO2. The van der Waals surface area contributed by atoms with Crippen molar-refractivity contribution in [3.05, 3.63) is 42.5 Å². The van der Waals surface area contributed by atoms with Gasteiger partial charge in [-0.25, -0.2) is 0 Å². The van der Waals surface area contributed by atoms with Crippen LogP contribution in [0.15, 0.2) is 36.9 Å². The quantitative estimate of drug-likeness (QED) is 0.715. The van der Waals surface area contributed by atoms with Gasteiger partial charge in [0.2, 0.25) is 5.91 Å². The number of hydrogen-bond donors (Lipinski definition) is 0. The molecule has 3 nitrogen and oxygen atoms in total. The first-order valence-corrected chi connectivity index (χ1v) is 7.35. The van der Waals surface area contributed by atoms with Crippen LogP contribution in [0, 0.1) is 5.92 Å². The van der Waals surface area contributed by atoms with Crippen molar-refractivity contribution >= 4 is 5.91 Å². The van der Waals surface area contributed by atoms with Crippen LogP contribution in [0.3, 0.4) is 0 Å². The van der Waals surface area contributed by atoms with Crippen molar-refractivity contribution in [1.82, 2.24) is 4.90 Å². The summed E-state index contributed by atoms with van der Waals surface area (Å²) >= 11 is 0. The Morgan fingerprint density at radius 3 is 3.05 bits per heavy atom. The smallest absolute Gasteiger partial charge is 0.223 e. The summed E-state index contributed by atoms with van der Waals surface area (Å²) in [5, 5.41) is 0. The Morgan fingerprint density at radius 2 is 2.35 bits per heavy atom. The lowest BCUT2D eigenvalue weighted by atomic mass is 10.1. The lowest BCUT2D eigenvalue weighted by Gasteiger charge is -2.16. The van der Waals surface area contributed by atoms with Crippen LogP contribution in [0.2, 0.25) is 0 Å². The minimum Gasteiger partial charge on any atom is -0.494 e. The van der Waals surface area contributed by atoms with Gasteiger partial charge in [-0.2, -0.15) is 0 Å². The molecule has 1 aliphatic heterocycles. The Balaban J connectivity index is 1.87. The maximum Gasteiger partial charge on any atom is 0.223 e. The van der Waals surface area contributed by atoms with E-state index in [1.165, 1.54) is 5.56 Å². The van der Waals surface area contributed by atoms with E-state index in [0.29, 0.717) is 12.3 Å². The highest BCUT2D eigenvalue weighted by molar-refractivity contribution is 5.79. The summed E-state index contributed by atoms with van der Waals surface area (Å²) in [5.74, 6) is 1.48. The topological polar surface area (TPSA) is 29.5 Å². The van der Waals surface area contributed by atoms with Crippen LogP contribution in [0.1, 0.15) is 25.3 Å². The largest absolute Gasteiger partial charge is 0.494 e. The number of benzene rings is 1. The van der Waals surface area contributed by atoms with Crippen molar-refractivity contribution < 1.29 is 9.53 Å². The van der Waals surface area contributed by atoms with E-state index in [0.717, 1.165) is 38.3 Å². The molecule has 0 radical (unpaired) electrons. The van der Waals surface area contributed by atoms with Crippen LogP contribution >= 0.6 is 0 Å². The first-order chi connectivity index (χ1) is 9.72. The molecule has 1 aromatic rings. The molecule has 0 bridgehead atoms. The van der Waals surface area contributed by atoms with Gasteiger partial charge in [0.1, 0.15) is 5.75 Å². The standard InChI is InChI=1S/C17H23NO2/c1-3-10-20-16-7-5-6-15(11-16)8-9-18-13-14(4-2)12-17(18)19/h4-7,11,14H,2-3,8-10,12-13H2,1H3. The van der Waals surface area contributed by atoms with Crippen molar-refractivity contribution in [2.45, 2.75) is 26.2 Å². The molecule has 0 aromatic heterocycles. The molecule has 1 aliphatic rings. The van der Waals surface area contributed by atoms with Gasteiger partial charge in [-0.3, -0.25) is 4.79 Å². The van der Waals surface area contributed by atoms with Gasteiger partial charge in [0, 0.05) is 25.4 Å². The van der Waals surface area contributed by atoms with E-state index in [4.69, 9.17) is 4.74 Å². The van der Waals surface area contributed by atoms with Crippen molar-refractivity contribution in [3.8, 4) is 5.75 Å². The van der Waals surface area contributed by atoms with E-state index in [1.54, 1.807) is 0 Å². The van der Waals surface area contributed by atoms with Gasteiger partial charge >= 0.3 is 0 Å². The Kier molecular flexibility index (Phi) is 5.22. The summed E-state index contributed by atoms with van der Waals surface area (Å²) in [7, 11) is 0. The average molecular weight is 273 g/mol. The Hall–Kier alpha value is -1.77. The fraction of sp³-hybridized carbons (Fsp3) is 0.471. The summed E-state index contributed by atoms with van der Waals surface area (Å²) in [6.45, 7) is 8.21. The van der Waals surface area contributed by atoms with Gasteiger partial charge in [-0.15, -0.1) is 6.58 Å². The Labute approximate surface area is 121 Å². The predicted molar refractivity (Wildman–Crippen MR) is 80.8 cm³/mol. The van der Waals surface area contributed by atoms with Crippen LogP contribution in [-0.2, 0) is 11.2 Å². The van der Waals surface area contributed by atoms with Gasteiger partial charge in [-0.1, -0.05) is 25.1 Å². The molecule has 1 unspecified atom stereocenters. The number of nitrogens with zero attached hydrogens (tertiary/aromatic N) is 1. The second-order valence-corrected chi connectivity index (χ2v) is 5.29. The molecule has 20 heavy (non-hydrogen) atoms. The van der Waals surface area contributed by atoms with Gasteiger partial charge in [0.15, 0.2) is 0 Å². The summed E-state index contributed by atoms with van der Waals surface area (Å²) < 4.78 is 5.63. The number of ether oxygens (including phenoxy) is 1. The van der Waals surface area contributed by atoms with E-state index >= 15 is 0 Å². The zero-order valence-corrected chi connectivity index (χ0v) is 12.2. The molecular weight excluding hydrogens is 250 g/mol. The molecule has 0 spiro atoms. The zero-order chi connectivity index (χ0) is 14.4. The number of rotatable bonds is 7. The molecule has 108 valence electrons. The molecule has 3 heteroatoms. The fourth-order valence-electron chi connectivity index (χ4n) is 2.45. The minimum absolute atomic E-state index is 0.244. The van der Waals surface area contributed by atoms with Gasteiger partial charge in [0.25, 0.3) is 0 Å². The van der Waals surface area contributed by atoms with E-state index in [2.05, 4.69) is 25.6 Å². The summed E-state index contributed by atoms with van der Waals surface area (Å²) in [4.78, 5) is 13.8. The van der Waals surface area contributed by atoms with Crippen LogP contribution in [0.4, 0.5) is 0 Å².